The van der Waals surface area contributed by atoms with Crippen LogP contribution >= 0.6 is 0 Å². The number of pyridine rings is 1. The third kappa shape index (κ3) is 2.97. The minimum absolute atomic E-state index is 0.0920. The molecule has 0 amide bonds. The molecule has 1 aromatic heterocycles. The lowest BCUT2D eigenvalue weighted by molar-refractivity contribution is -0.384. The van der Waals surface area contributed by atoms with Gasteiger partial charge >= 0.3 is 0 Å². The second-order valence-corrected chi connectivity index (χ2v) is 4.34. The molecule has 0 aliphatic carbocycles. The Morgan fingerprint density at radius 3 is 2.80 bits per heavy atom. The predicted octanol–water partition coefficient (Wildman–Crippen LogP) is 2.44. The minimum Gasteiger partial charge on any atom is -0.370 e. The molecule has 0 bridgehead atoms. The van der Waals surface area contributed by atoms with Crippen molar-refractivity contribution >= 4 is 17.7 Å². The van der Waals surface area contributed by atoms with Gasteiger partial charge in [-0.2, -0.15) is 0 Å². The van der Waals surface area contributed by atoms with Crippen LogP contribution in [0.1, 0.15) is 15.9 Å². The smallest absolute Gasteiger partial charge is 0.270 e. The van der Waals surface area contributed by atoms with Crippen molar-refractivity contribution in [1.82, 2.24) is 4.98 Å². The number of hydrogen-bond donors (Lipinski definition) is 0. The first-order valence-electron chi connectivity index (χ1n) is 5.95. The number of carbonyl (C=O) groups is 1. The molecule has 102 valence electrons. The molecular formula is C14H13N3O3. The van der Waals surface area contributed by atoms with E-state index in [9.17, 15) is 14.9 Å². The zero-order valence-electron chi connectivity index (χ0n) is 10.9. The van der Waals surface area contributed by atoms with Gasteiger partial charge in [0.25, 0.3) is 5.69 Å². The first-order chi connectivity index (χ1) is 9.61. The fourth-order valence-corrected chi connectivity index (χ4v) is 1.95. The third-order valence-corrected chi connectivity index (χ3v) is 2.90. The molecule has 0 fully saturated rings. The van der Waals surface area contributed by atoms with Crippen molar-refractivity contribution in [2.45, 2.75) is 6.54 Å². The zero-order chi connectivity index (χ0) is 14.5. The van der Waals surface area contributed by atoms with Gasteiger partial charge < -0.3 is 4.90 Å². The van der Waals surface area contributed by atoms with Crippen LogP contribution in [0.25, 0.3) is 0 Å². The van der Waals surface area contributed by atoms with Gasteiger partial charge in [-0.25, -0.2) is 0 Å². The van der Waals surface area contributed by atoms with Gasteiger partial charge in [-0.1, -0.05) is 6.07 Å². The molecule has 1 aromatic carbocycles. The molecular weight excluding hydrogens is 258 g/mol. The summed E-state index contributed by atoms with van der Waals surface area (Å²) in [5, 5.41) is 10.7. The maximum absolute atomic E-state index is 11.1. The second kappa shape index (κ2) is 5.92. The SMILES string of the molecule is CN(Cc1cccnc1)c1ccc([N+](=O)[O-])cc1C=O. The number of nitro groups is 1. The first-order valence-corrected chi connectivity index (χ1v) is 5.95. The van der Waals surface area contributed by atoms with Crippen molar-refractivity contribution < 1.29 is 9.72 Å². The number of benzene rings is 1. The Hall–Kier alpha value is -2.76. The van der Waals surface area contributed by atoms with E-state index in [0.717, 1.165) is 5.56 Å². The highest BCUT2D eigenvalue weighted by Gasteiger charge is 2.13. The molecule has 6 nitrogen and oxygen atoms in total. The third-order valence-electron chi connectivity index (χ3n) is 2.90. The number of nitro benzene ring substituents is 1. The second-order valence-electron chi connectivity index (χ2n) is 4.34. The Kier molecular flexibility index (Phi) is 4.05. The highest BCUT2D eigenvalue weighted by Crippen LogP contribution is 2.24. The van der Waals surface area contributed by atoms with E-state index in [4.69, 9.17) is 0 Å². The Morgan fingerprint density at radius 1 is 1.40 bits per heavy atom. The number of aldehydes is 1. The molecule has 0 radical (unpaired) electrons. The highest BCUT2D eigenvalue weighted by atomic mass is 16.6. The Morgan fingerprint density at radius 2 is 2.20 bits per heavy atom. The van der Waals surface area contributed by atoms with Crippen LogP contribution in [0.3, 0.4) is 0 Å². The van der Waals surface area contributed by atoms with Gasteiger partial charge in [0.2, 0.25) is 0 Å². The normalized spacial score (nSPS) is 10.1. The summed E-state index contributed by atoms with van der Waals surface area (Å²) >= 11 is 0. The highest BCUT2D eigenvalue weighted by molar-refractivity contribution is 5.85. The number of hydrogen-bond acceptors (Lipinski definition) is 5. The quantitative estimate of drug-likeness (QED) is 0.474. The lowest BCUT2D eigenvalue weighted by Crippen LogP contribution is -2.18. The van der Waals surface area contributed by atoms with Gasteiger partial charge in [-0.3, -0.25) is 19.9 Å². The monoisotopic (exact) mass is 271 g/mol. The van der Waals surface area contributed by atoms with Crippen molar-refractivity contribution in [3.05, 3.63) is 64.0 Å². The number of aromatic nitrogens is 1. The maximum Gasteiger partial charge on any atom is 0.270 e. The van der Waals surface area contributed by atoms with E-state index in [1.165, 1.54) is 12.1 Å². The summed E-state index contributed by atoms with van der Waals surface area (Å²) in [5.41, 5.74) is 1.84. The van der Waals surface area contributed by atoms with Crippen molar-refractivity contribution in [1.29, 1.82) is 0 Å². The van der Waals surface area contributed by atoms with E-state index in [2.05, 4.69) is 4.98 Å². The number of rotatable bonds is 5. The van der Waals surface area contributed by atoms with E-state index in [1.54, 1.807) is 18.5 Å². The van der Waals surface area contributed by atoms with Crippen LogP contribution in [-0.2, 0) is 6.54 Å². The van der Waals surface area contributed by atoms with Crippen LogP contribution < -0.4 is 4.90 Å². The molecule has 0 saturated heterocycles. The number of nitrogens with zero attached hydrogens (tertiary/aromatic N) is 3. The summed E-state index contributed by atoms with van der Waals surface area (Å²) < 4.78 is 0. The summed E-state index contributed by atoms with van der Waals surface area (Å²) in [7, 11) is 1.82. The number of carbonyl (C=O) groups excluding carboxylic acids is 1. The van der Waals surface area contributed by atoms with Crippen LogP contribution in [0.15, 0.2) is 42.7 Å². The molecule has 20 heavy (non-hydrogen) atoms. The van der Waals surface area contributed by atoms with Gasteiger partial charge in [0.15, 0.2) is 6.29 Å². The molecule has 0 saturated carbocycles. The lowest BCUT2D eigenvalue weighted by Gasteiger charge is -2.20. The zero-order valence-corrected chi connectivity index (χ0v) is 10.9. The molecule has 0 aliphatic rings. The van der Waals surface area contributed by atoms with Gasteiger partial charge in [-0.05, 0) is 17.7 Å². The Labute approximate surface area is 115 Å². The van der Waals surface area contributed by atoms with Crippen molar-refractivity contribution in [2.75, 3.05) is 11.9 Å². The summed E-state index contributed by atoms with van der Waals surface area (Å²) in [4.78, 5) is 27.2. The van der Waals surface area contributed by atoms with E-state index in [-0.39, 0.29) is 5.69 Å². The maximum atomic E-state index is 11.1. The fourth-order valence-electron chi connectivity index (χ4n) is 1.95. The van der Waals surface area contributed by atoms with Gasteiger partial charge in [0.1, 0.15) is 0 Å². The van der Waals surface area contributed by atoms with E-state index < -0.39 is 4.92 Å². The molecule has 0 atom stereocenters. The van der Waals surface area contributed by atoms with Crippen molar-refractivity contribution in [3.8, 4) is 0 Å². The van der Waals surface area contributed by atoms with Gasteiger partial charge in [0.05, 0.1) is 4.92 Å². The molecule has 2 aromatic rings. The van der Waals surface area contributed by atoms with Gasteiger partial charge in [-0.15, -0.1) is 0 Å². The average Bonchev–Trinajstić information content (AvgIpc) is 2.47. The topological polar surface area (TPSA) is 76.3 Å². The van der Waals surface area contributed by atoms with E-state index in [0.29, 0.717) is 24.1 Å². The minimum atomic E-state index is -0.516. The molecule has 0 spiro atoms. The largest absolute Gasteiger partial charge is 0.370 e. The summed E-state index contributed by atoms with van der Waals surface area (Å²) in [6.07, 6.45) is 4.05. The van der Waals surface area contributed by atoms with Crippen LogP contribution in [0.5, 0.6) is 0 Å². The molecule has 0 unspecified atom stereocenters. The summed E-state index contributed by atoms with van der Waals surface area (Å²) in [6.45, 7) is 0.562. The van der Waals surface area contributed by atoms with Crippen molar-refractivity contribution in [2.24, 2.45) is 0 Å². The summed E-state index contributed by atoms with van der Waals surface area (Å²) in [5.74, 6) is 0. The molecule has 1 heterocycles. The number of non-ortho nitro benzene ring substituents is 1. The predicted molar refractivity (Wildman–Crippen MR) is 74.8 cm³/mol. The van der Waals surface area contributed by atoms with Crippen LogP contribution in [0, 0.1) is 10.1 Å². The summed E-state index contributed by atoms with van der Waals surface area (Å²) in [6, 6.07) is 8.01. The van der Waals surface area contributed by atoms with Crippen LogP contribution in [-0.4, -0.2) is 23.2 Å². The van der Waals surface area contributed by atoms with E-state index >= 15 is 0 Å². The van der Waals surface area contributed by atoms with Crippen molar-refractivity contribution in [3.63, 3.8) is 0 Å². The Bertz CT molecular complexity index is 629. The molecule has 2 rings (SSSR count). The standard InChI is InChI=1S/C14H13N3O3/c1-16(9-11-3-2-6-15-8-11)14-5-4-13(17(19)20)7-12(14)10-18/h2-8,10H,9H2,1H3. The van der Waals surface area contributed by atoms with Crippen LogP contribution in [0.2, 0.25) is 0 Å². The van der Waals surface area contributed by atoms with Gasteiger partial charge in [0, 0.05) is 49.4 Å². The Balaban J connectivity index is 2.27. The fraction of sp³-hybridized carbons (Fsp3) is 0.143. The molecule has 0 aliphatic heterocycles. The average molecular weight is 271 g/mol. The number of anilines is 1. The molecule has 0 N–H and O–H groups in total. The molecule has 6 heteroatoms. The van der Waals surface area contributed by atoms with Crippen LogP contribution in [0.4, 0.5) is 11.4 Å². The van der Waals surface area contributed by atoms with E-state index in [1.807, 2.05) is 24.1 Å². The lowest BCUT2D eigenvalue weighted by atomic mass is 10.1. The first kappa shape index (κ1) is 13.7.